The van der Waals surface area contributed by atoms with E-state index in [2.05, 4.69) is 0 Å². The highest BCUT2D eigenvalue weighted by molar-refractivity contribution is 5.76. The first-order chi connectivity index (χ1) is 9.54. The molecule has 1 aromatic rings. The molecule has 4 nitrogen and oxygen atoms in total. The highest BCUT2D eigenvalue weighted by Crippen LogP contribution is 2.14. The Bertz CT molecular complexity index is 427. The van der Waals surface area contributed by atoms with Gasteiger partial charge in [0.2, 0.25) is 5.91 Å². The average molecular weight is 286 g/mol. The molecule has 0 aliphatic heterocycles. The van der Waals surface area contributed by atoms with E-state index in [0.29, 0.717) is 18.8 Å². The second-order valence-corrected chi connectivity index (χ2v) is 4.32. The lowest BCUT2D eigenvalue weighted by Gasteiger charge is -2.21. The number of amides is 1. The lowest BCUT2D eigenvalue weighted by atomic mass is 10.1. The van der Waals surface area contributed by atoms with Crippen molar-refractivity contribution in [2.45, 2.75) is 26.3 Å². The molecule has 0 spiro atoms. The summed E-state index contributed by atoms with van der Waals surface area (Å²) in [4.78, 5) is 13.6. The Kier molecular flexibility index (Phi) is 6.93. The van der Waals surface area contributed by atoms with Gasteiger partial charge in [0.05, 0.1) is 13.0 Å². The van der Waals surface area contributed by atoms with Crippen molar-refractivity contribution >= 4 is 11.6 Å². The minimum atomic E-state index is -2.50. The Morgan fingerprint density at radius 3 is 2.70 bits per heavy atom. The zero-order chi connectivity index (χ0) is 15.0. The number of halogens is 2. The first kappa shape index (κ1) is 16.4. The molecule has 0 aliphatic carbocycles. The molecule has 112 valence electrons. The number of alkyl halides is 2. The van der Waals surface area contributed by atoms with Crippen LogP contribution in [0.5, 0.6) is 0 Å². The van der Waals surface area contributed by atoms with Crippen molar-refractivity contribution in [1.82, 2.24) is 4.90 Å². The second kappa shape index (κ2) is 8.47. The van der Waals surface area contributed by atoms with Crippen molar-refractivity contribution in [2.75, 3.05) is 25.5 Å². The SMILES string of the molecule is CCN(Cc1ccccc1N)C(=O)CCOCC(F)F. The van der Waals surface area contributed by atoms with Crippen molar-refractivity contribution < 1.29 is 18.3 Å². The molecule has 0 heterocycles. The Labute approximate surface area is 117 Å². The Hall–Kier alpha value is -1.69. The molecule has 1 amide bonds. The van der Waals surface area contributed by atoms with Crippen LogP contribution in [-0.2, 0) is 16.1 Å². The molecule has 0 fully saturated rings. The lowest BCUT2D eigenvalue weighted by Crippen LogP contribution is -2.31. The molecule has 0 saturated heterocycles. The van der Waals surface area contributed by atoms with Crippen LogP contribution in [0.15, 0.2) is 24.3 Å². The maximum atomic E-state index is 12.0. The van der Waals surface area contributed by atoms with E-state index in [1.807, 2.05) is 25.1 Å². The van der Waals surface area contributed by atoms with Crippen molar-refractivity contribution in [3.05, 3.63) is 29.8 Å². The van der Waals surface area contributed by atoms with Gasteiger partial charge in [-0.15, -0.1) is 0 Å². The van der Waals surface area contributed by atoms with Gasteiger partial charge in [0.1, 0.15) is 6.61 Å². The molecule has 6 heteroatoms. The summed E-state index contributed by atoms with van der Waals surface area (Å²) in [5, 5.41) is 0. The summed E-state index contributed by atoms with van der Waals surface area (Å²) in [5.74, 6) is -0.134. The summed E-state index contributed by atoms with van der Waals surface area (Å²) in [7, 11) is 0. The normalized spacial score (nSPS) is 10.8. The summed E-state index contributed by atoms with van der Waals surface area (Å²) in [6.07, 6.45) is -2.41. The Morgan fingerprint density at radius 2 is 2.10 bits per heavy atom. The third-order valence-corrected chi connectivity index (χ3v) is 2.85. The summed E-state index contributed by atoms with van der Waals surface area (Å²) in [6, 6.07) is 7.32. The molecule has 20 heavy (non-hydrogen) atoms. The number of benzene rings is 1. The third-order valence-electron chi connectivity index (χ3n) is 2.85. The molecule has 0 atom stereocenters. The minimum absolute atomic E-state index is 0.00391. The van der Waals surface area contributed by atoms with E-state index < -0.39 is 13.0 Å². The van der Waals surface area contributed by atoms with Crippen LogP contribution in [0.4, 0.5) is 14.5 Å². The summed E-state index contributed by atoms with van der Waals surface area (Å²) < 4.78 is 28.5. The number of rotatable bonds is 8. The molecule has 0 bridgehead atoms. The summed E-state index contributed by atoms with van der Waals surface area (Å²) >= 11 is 0. The second-order valence-electron chi connectivity index (χ2n) is 4.32. The number of carbonyl (C=O) groups is 1. The van der Waals surface area contributed by atoms with Crippen LogP contribution in [0.2, 0.25) is 0 Å². The number of nitrogens with two attached hydrogens (primary N) is 1. The number of hydrogen-bond donors (Lipinski definition) is 1. The Balaban J connectivity index is 2.45. The molecule has 0 saturated carbocycles. The van der Waals surface area contributed by atoms with Crippen molar-refractivity contribution in [3.63, 3.8) is 0 Å². The highest BCUT2D eigenvalue weighted by atomic mass is 19.3. The van der Waals surface area contributed by atoms with E-state index in [9.17, 15) is 13.6 Å². The predicted molar refractivity (Wildman–Crippen MR) is 73.4 cm³/mol. The fourth-order valence-corrected chi connectivity index (χ4v) is 1.75. The molecular weight excluding hydrogens is 266 g/mol. The van der Waals surface area contributed by atoms with Gasteiger partial charge in [-0.1, -0.05) is 18.2 Å². The van der Waals surface area contributed by atoms with Gasteiger partial charge in [0.25, 0.3) is 6.43 Å². The molecule has 1 rings (SSSR count). The topological polar surface area (TPSA) is 55.6 Å². The fourth-order valence-electron chi connectivity index (χ4n) is 1.75. The van der Waals surface area contributed by atoms with E-state index in [1.165, 1.54) is 0 Å². The van der Waals surface area contributed by atoms with Gasteiger partial charge >= 0.3 is 0 Å². The molecule has 0 aromatic heterocycles. The number of nitrogens with zero attached hydrogens (tertiary/aromatic N) is 1. The van der Waals surface area contributed by atoms with E-state index in [0.717, 1.165) is 5.56 Å². The first-order valence-electron chi connectivity index (χ1n) is 6.51. The highest BCUT2D eigenvalue weighted by Gasteiger charge is 2.13. The van der Waals surface area contributed by atoms with Crippen LogP contribution in [0.25, 0.3) is 0 Å². The van der Waals surface area contributed by atoms with Crippen LogP contribution < -0.4 is 5.73 Å². The minimum Gasteiger partial charge on any atom is -0.398 e. The van der Waals surface area contributed by atoms with Gasteiger partial charge in [-0.05, 0) is 18.6 Å². The average Bonchev–Trinajstić information content (AvgIpc) is 2.42. The number of anilines is 1. The number of ether oxygens (including phenoxy) is 1. The number of carbonyl (C=O) groups excluding carboxylic acids is 1. The molecule has 0 radical (unpaired) electrons. The first-order valence-corrected chi connectivity index (χ1v) is 6.51. The van der Waals surface area contributed by atoms with Crippen LogP contribution in [-0.4, -0.2) is 37.0 Å². The lowest BCUT2D eigenvalue weighted by molar-refractivity contribution is -0.133. The van der Waals surface area contributed by atoms with Gasteiger partial charge in [-0.25, -0.2) is 8.78 Å². The zero-order valence-corrected chi connectivity index (χ0v) is 11.5. The maximum absolute atomic E-state index is 12.0. The van der Waals surface area contributed by atoms with E-state index in [1.54, 1.807) is 11.0 Å². The molecular formula is C14H20F2N2O2. The molecule has 1 aromatic carbocycles. The number of hydrogen-bond acceptors (Lipinski definition) is 3. The van der Waals surface area contributed by atoms with Gasteiger partial charge in [-0.3, -0.25) is 4.79 Å². The third kappa shape index (κ3) is 5.52. The maximum Gasteiger partial charge on any atom is 0.261 e. The van der Waals surface area contributed by atoms with Gasteiger partial charge in [0.15, 0.2) is 0 Å². The van der Waals surface area contributed by atoms with Crippen molar-refractivity contribution in [3.8, 4) is 0 Å². The summed E-state index contributed by atoms with van der Waals surface area (Å²) in [6.45, 7) is 2.17. The van der Waals surface area contributed by atoms with Crippen molar-refractivity contribution in [1.29, 1.82) is 0 Å². The smallest absolute Gasteiger partial charge is 0.261 e. The zero-order valence-electron chi connectivity index (χ0n) is 11.5. The quantitative estimate of drug-likeness (QED) is 0.589. The van der Waals surface area contributed by atoms with Gasteiger partial charge in [0, 0.05) is 18.8 Å². The van der Waals surface area contributed by atoms with Crippen LogP contribution in [0.3, 0.4) is 0 Å². The van der Waals surface area contributed by atoms with E-state index in [4.69, 9.17) is 10.5 Å². The van der Waals surface area contributed by atoms with E-state index in [-0.39, 0.29) is 18.9 Å². The predicted octanol–water partition coefficient (Wildman–Crippen LogP) is 2.29. The van der Waals surface area contributed by atoms with Crippen LogP contribution >= 0.6 is 0 Å². The standard InChI is InChI=1S/C14H20F2N2O2/c1-2-18(9-11-5-3-4-6-12(11)17)14(19)7-8-20-10-13(15)16/h3-6,13H,2,7-10,17H2,1H3. The molecule has 2 N–H and O–H groups in total. The van der Waals surface area contributed by atoms with Crippen LogP contribution in [0, 0.1) is 0 Å². The van der Waals surface area contributed by atoms with Gasteiger partial charge in [-0.2, -0.15) is 0 Å². The van der Waals surface area contributed by atoms with Gasteiger partial charge < -0.3 is 15.4 Å². The Morgan fingerprint density at radius 1 is 1.40 bits per heavy atom. The van der Waals surface area contributed by atoms with E-state index >= 15 is 0 Å². The largest absolute Gasteiger partial charge is 0.398 e. The number of nitrogen functional groups attached to an aromatic ring is 1. The monoisotopic (exact) mass is 286 g/mol. The van der Waals surface area contributed by atoms with Crippen molar-refractivity contribution in [2.24, 2.45) is 0 Å². The number of para-hydroxylation sites is 1. The molecule has 0 aliphatic rings. The summed E-state index contributed by atoms with van der Waals surface area (Å²) in [5.41, 5.74) is 7.34. The fraction of sp³-hybridized carbons (Fsp3) is 0.500. The molecule has 0 unspecified atom stereocenters. The van der Waals surface area contributed by atoms with Crippen LogP contribution in [0.1, 0.15) is 18.9 Å².